The predicted molar refractivity (Wildman–Crippen MR) is 49.6 cm³/mol. The van der Waals surface area contributed by atoms with Gasteiger partial charge in [0.15, 0.2) is 0 Å². The minimum absolute atomic E-state index is 0.398. The van der Waals surface area contributed by atoms with E-state index in [1.54, 1.807) is 0 Å². The highest BCUT2D eigenvalue weighted by atomic mass is 16.3. The Morgan fingerprint density at radius 2 is 1.67 bits per heavy atom. The molecule has 1 N–H and O–H groups in total. The molecule has 0 amide bonds. The van der Waals surface area contributed by atoms with Crippen LogP contribution >= 0.6 is 0 Å². The smallest absolute Gasteiger partial charge is 0.116 e. The van der Waals surface area contributed by atoms with Gasteiger partial charge in [-0.05, 0) is 61.4 Å². The SMILES string of the molecule is Cc1cc(O)cc(C)c1C1CC1. The molecule has 1 aliphatic rings. The Morgan fingerprint density at radius 1 is 1.17 bits per heavy atom. The summed E-state index contributed by atoms with van der Waals surface area (Å²) in [5, 5.41) is 9.32. The number of hydrogen-bond donors (Lipinski definition) is 1. The summed E-state index contributed by atoms with van der Waals surface area (Å²) in [7, 11) is 0. The predicted octanol–water partition coefficient (Wildman–Crippen LogP) is 2.89. The highest BCUT2D eigenvalue weighted by Crippen LogP contribution is 2.43. The number of benzene rings is 1. The van der Waals surface area contributed by atoms with Crippen LogP contribution in [0.1, 0.15) is 35.4 Å². The van der Waals surface area contributed by atoms with Crippen molar-refractivity contribution in [2.24, 2.45) is 0 Å². The second-order valence-electron chi connectivity index (χ2n) is 3.77. The van der Waals surface area contributed by atoms with Gasteiger partial charge in [-0.3, -0.25) is 0 Å². The minimum atomic E-state index is 0.398. The number of rotatable bonds is 1. The molecule has 0 aliphatic heterocycles. The Hall–Kier alpha value is -0.980. The van der Waals surface area contributed by atoms with E-state index >= 15 is 0 Å². The molecule has 0 radical (unpaired) electrons. The molecule has 1 nitrogen and oxygen atoms in total. The van der Waals surface area contributed by atoms with Crippen LogP contribution in [0.4, 0.5) is 0 Å². The van der Waals surface area contributed by atoms with Crippen molar-refractivity contribution in [3.8, 4) is 5.75 Å². The molecule has 1 saturated carbocycles. The third kappa shape index (κ3) is 1.20. The Kier molecular flexibility index (Phi) is 1.60. The topological polar surface area (TPSA) is 20.2 Å². The van der Waals surface area contributed by atoms with Crippen LogP contribution in [-0.4, -0.2) is 5.11 Å². The van der Waals surface area contributed by atoms with Crippen molar-refractivity contribution in [2.45, 2.75) is 32.6 Å². The lowest BCUT2D eigenvalue weighted by molar-refractivity contribution is 0.474. The first-order valence-electron chi connectivity index (χ1n) is 4.48. The molecule has 2 rings (SSSR count). The summed E-state index contributed by atoms with van der Waals surface area (Å²) in [6.07, 6.45) is 2.65. The van der Waals surface area contributed by atoms with Crippen LogP contribution in [0.2, 0.25) is 0 Å². The molecule has 1 aliphatic carbocycles. The third-order valence-corrected chi connectivity index (χ3v) is 2.56. The first-order chi connectivity index (χ1) is 5.68. The molecule has 0 unspecified atom stereocenters. The highest BCUT2D eigenvalue weighted by molar-refractivity contribution is 5.44. The fraction of sp³-hybridized carbons (Fsp3) is 0.455. The lowest BCUT2D eigenvalue weighted by Gasteiger charge is -2.08. The zero-order valence-corrected chi connectivity index (χ0v) is 7.59. The average molecular weight is 162 g/mol. The molecule has 0 saturated heterocycles. The normalized spacial score (nSPS) is 16.5. The van der Waals surface area contributed by atoms with Crippen LogP contribution in [0.3, 0.4) is 0 Å². The maximum absolute atomic E-state index is 9.32. The maximum Gasteiger partial charge on any atom is 0.116 e. The van der Waals surface area contributed by atoms with Gasteiger partial charge in [-0.15, -0.1) is 0 Å². The number of phenols is 1. The van der Waals surface area contributed by atoms with Crippen LogP contribution in [0.25, 0.3) is 0 Å². The monoisotopic (exact) mass is 162 g/mol. The highest BCUT2D eigenvalue weighted by Gasteiger charge is 2.26. The summed E-state index contributed by atoms with van der Waals surface area (Å²) >= 11 is 0. The number of phenolic OH excluding ortho intramolecular Hbond substituents is 1. The summed E-state index contributed by atoms with van der Waals surface area (Å²) in [6.45, 7) is 4.17. The summed E-state index contributed by atoms with van der Waals surface area (Å²) < 4.78 is 0. The summed E-state index contributed by atoms with van der Waals surface area (Å²) in [4.78, 5) is 0. The quantitative estimate of drug-likeness (QED) is 0.673. The van der Waals surface area contributed by atoms with Crippen molar-refractivity contribution >= 4 is 0 Å². The van der Waals surface area contributed by atoms with Crippen molar-refractivity contribution in [3.05, 3.63) is 28.8 Å². The molecule has 64 valence electrons. The lowest BCUT2D eigenvalue weighted by Crippen LogP contribution is -1.90. The first kappa shape index (κ1) is 7.66. The van der Waals surface area contributed by atoms with E-state index < -0.39 is 0 Å². The van der Waals surface area contributed by atoms with Crippen LogP contribution in [0.15, 0.2) is 12.1 Å². The van der Waals surface area contributed by atoms with Gasteiger partial charge >= 0.3 is 0 Å². The molecule has 1 fully saturated rings. The largest absolute Gasteiger partial charge is 0.508 e. The second-order valence-corrected chi connectivity index (χ2v) is 3.77. The molecule has 0 spiro atoms. The van der Waals surface area contributed by atoms with Crippen molar-refractivity contribution in [1.29, 1.82) is 0 Å². The molecular weight excluding hydrogens is 148 g/mol. The average Bonchev–Trinajstić information content (AvgIpc) is 2.68. The molecule has 0 aromatic heterocycles. The standard InChI is InChI=1S/C11H14O/c1-7-5-10(12)6-8(2)11(7)9-3-4-9/h5-6,9,12H,3-4H2,1-2H3. The van der Waals surface area contributed by atoms with Crippen molar-refractivity contribution < 1.29 is 5.11 Å². The Labute approximate surface area is 73.0 Å². The van der Waals surface area contributed by atoms with E-state index in [9.17, 15) is 5.11 Å². The van der Waals surface area contributed by atoms with Gasteiger partial charge in [0.1, 0.15) is 5.75 Å². The van der Waals surface area contributed by atoms with E-state index in [1.807, 2.05) is 12.1 Å². The van der Waals surface area contributed by atoms with Crippen molar-refractivity contribution in [2.75, 3.05) is 0 Å². The molecule has 12 heavy (non-hydrogen) atoms. The van der Waals surface area contributed by atoms with Gasteiger partial charge in [-0.25, -0.2) is 0 Å². The molecule has 1 heteroatoms. The zero-order chi connectivity index (χ0) is 8.72. The fourth-order valence-electron chi connectivity index (χ4n) is 1.97. The van der Waals surface area contributed by atoms with E-state index in [2.05, 4.69) is 13.8 Å². The van der Waals surface area contributed by atoms with Crippen molar-refractivity contribution in [3.63, 3.8) is 0 Å². The summed E-state index contributed by atoms with van der Waals surface area (Å²) in [5.41, 5.74) is 3.96. The van der Waals surface area contributed by atoms with Crippen LogP contribution in [0, 0.1) is 13.8 Å². The van der Waals surface area contributed by atoms with Crippen LogP contribution in [-0.2, 0) is 0 Å². The van der Waals surface area contributed by atoms with Gasteiger partial charge in [0.05, 0.1) is 0 Å². The summed E-state index contributed by atoms with van der Waals surface area (Å²) in [5.74, 6) is 1.18. The van der Waals surface area contributed by atoms with E-state index in [0.717, 1.165) is 5.92 Å². The number of hydrogen-bond acceptors (Lipinski definition) is 1. The molecule has 0 bridgehead atoms. The van der Waals surface area contributed by atoms with E-state index in [-0.39, 0.29) is 0 Å². The Bertz CT molecular complexity index is 288. The van der Waals surface area contributed by atoms with Gasteiger partial charge in [0.25, 0.3) is 0 Å². The van der Waals surface area contributed by atoms with Gasteiger partial charge in [0, 0.05) is 0 Å². The van der Waals surface area contributed by atoms with Gasteiger partial charge in [-0.2, -0.15) is 0 Å². The maximum atomic E-state index is 9.32. The van der Waals surface area contributed by atoms with E-state index in [4.69, 9.17) is 0 Å². The van der Waals surface area contributed by atoms with E-state index in [1.165, 1.54) is 29.5 Å². The van der Waals surface area contributed by atoms with E-state index in [0.29, 0.717) is 5.75 Å². The molecule has 1 aromatic rings. The Balaban J connectivity index is 2.51. The van der Waals surface area contributed by atoms with Gasteiger partial charge in [-0.1, -0.05) is 0 Å². The molecular formula is C11H14O. The first-order valence-corrected chi connectivity index (χ1v) is 4.48. The van der Waals surface area contributed by atoms with Crippen LogP contribution in [0.5, 0.6) is 5.75 Å². The zero-order valence-electron chi connectivity index (χ0n) is 7.59. The fourth-order valence-corrected chi connectivity index (χ4v) is 1.97. The lowest BCUT2D eigenvalue weighted by atomic mass is 9.98. The third-order valence-electron chi connectivity index (χ3n) is 2.56. The van der Waals surface area contributed by atoms with Gasteiger partial charge < -0.3 is 5.11 Å². The Morgan fingerprint density at radius 3 is 2.08 bits per heavy atom. The second kappa shape index (κ2) is 2.51. The molecule has 0 heterocycles. The number of aromatic hydroxyl groups is 1. The minimum Gasteiger partial charge on any atom is -0.508 e. The molecule has 1 aromatic carbocycles. The number of aryl methyl sites for hydroxylation is 2. The molecule has 0 atom stereocenters. The summed E-state index contributed by atoms with van der Waals surface area (Å²) in [6, 6.07) is 3.72. The van der Waals surface area contributed by atoms with Gasteiger partial charge in [0.2, 0.25) is 0 Å². The van der Waals surface area contributed by atoms with Crippen LogP contribution < -0.4 is 0 Å². The van der Waals surface area contributed by atoms with Crippen molar-refractivity contribution in [1.82, 2.24) is 0 Å².